The van der Waals surface area contributed by atoms with E-state index in [1.807, 2.05) is 6.07 Å². The van der Waals surface area contributed by atoms with Crippen LogP contribution in [0.4, 0.5) is 5.69 Å². The average molecular weight is 300 g/mol. The summed E-state index contributed by atoms with van der Waals surface area (Å²) >= 11 is 0. The van der Waals surface area contributed by atoms with Gasteiger partial charge in [-0.25, -0.2) is 4.90 Å². The molecule has 22 heavy (non-hydrogen) atoms. The number of anilines is 1. The summed E-state index contributed by atoms with van der Waals surface area (Å²) in [5, 5.41) is 3.06. The Morgan fingerprint density at radius 1 is 1.27 bits per heavy atom. The van der Waals surface area contributed by atoms with Crippen LogP contribution in [0.15, 0.2) is 47.1 Å². The van der Waals surface area contributed by atoms with Gasteiger partial charge in [-0.3, -0.25) is 14.9 Å². The maximum atomic E-state index is 12.4. The lowest BCUT2D eigenvalue weighted by molar-refractivity contribution is -0.121. The van der Waals surface area contributed by atoms with Gasteiger partial charge < -0.3 is 9.15 Å². The number of hydrogen-bond acceptors (Lipinski definition) is 5. The molecule has 6 heteroatoms. The molecule has 0 spiro atoms. The van der Waals surface area contributed by atoms with E-state index in [2.05, 4.69) is 5.32 Å². The number of hydrogen-bond donors (Lipinski definition) is 1. The van der Waals surface area contributed by atoms with Crippen molar-refractivity contribution in [2.75, 3.05) is 12.0 Å². The van der Waals surface area contributed by atoms with Gasteiger partial charge in [0.1, 0.15) is 11.5 Å². The molecule has 1 fully saturated rings. The first-order valence-corrected chi connectivity index (χ1v) is 6.95. The van der Waals surface area contributed by atoms with E-state index in [4.69, 9.17) is 9.15 Å². The van der Waals surface area contributed by atoms with Crippen molar-refractivity contribution in [2.24, 2.45) is 0 Å². The Bertz CT molecular complexity index is 664. The molecule has 1 aromatic carbocycles. The van der Waals surface area contributed by atoms with Gasteiger partial charge in [-0.1, -0.05) is 0 Å². The summed E-state index contributed by atoms with van der Waals surface area (Å²) in [5.74, 6) is 0.937. The molecule has 1 aliphatic heterocycles. The summed E-state index contributed by atoms with van der Waals surface area (Å²) in [7, 11) is 1.57. The molecule has 2 heterocycles. The zero-order valence-corrected chi connectivity index (χ0v) is 12.1. The highest BCUT2D eigenvalue weighted by atomic mass is 16.5. The molecule has 1 saturated heterocycles. The predicted octanol–water partition coefficient (Wildman–Crippen LogP) is 1.71. The zero-order valence-electron chi connectivity index (χ0n) is 12.1. The molecule has 1 atom stereocenters. The van der Waals surface area contributed by atoms with E-state index >= 15 is 0 Å². The first-order chi connectivity index (χ1) is 10.7. The summed E-state index contributed by atoms with van der Waals surface area (Å²) in [4.78, 5) is 25.7. The van der Waals surface area contributed by atoms with Gasteiger partial charge in [0.2, 0.25) is 5.91 Å². The quantitative estimate of drug-likeness (QED) is 0.851. The molecular formula is C16H16N2O4. The van der Waals surface area contributed by atoms with Crippen molar-refractivity contribution in [3.05, 3.63) is 48.4 Å². The molecule has 3 rings (SSSR count). The molecule has 2 aromatic rings. The van der Waals surface area contributed by atoms with Crippen LogP contribution in [-0.2, 0) is 16.1 Å². The Morgan fingerprint density at radius 3 is 2.68 bits per heavy atom. The largest absolute Gasteiger partial charge is 0.497 e. The minimum absolute atomic E-state index is 0.144. The molecule has 0 saturated carbocycles. The van der Waals surface area contributed by atoms with E-state index < -0.39 is 6.04 Å². The number of methoxy groups -OCH3 is 1. The average Bonchev–Trinajstić information content (AvgIpc) is 3.14. The van der Waals surface area contributed by atoms with Gasteiger partial charge in [-0.05, 0) is 36.4 Å². The molecule has 1 aliphatic rings. The highest BCUT2D eigenvalue weighted by molar-refractivity contribution is 6.22. The SMILES string of the molecule is COc1ccc(N2C(=O)C[C@@H](NCc3ccco3)C2=O)cc1. The summed E-state index contributed by atoms with van der Waals surface area (Å²) in [5.41, 5.74) is 0.554. The van der Waals surface area contributed by atoms with Crippen LogP contribution in [0.2, 0.25) is 0 Å². The summed E-state index contributed by atoms with van der Waals surface area (Å²) < 4.78 is 10.3. The Balaban J connectivity index is 1.70. The van der Waals surface area contributed by atoms with E-state index in [1.165, 1.54) is 4.90 Å². The molecule has 6 nitrogen and oxygen atoms in total. The Labute approximate surface area is 127 Å². The number of benzene rings is 1. The first kappa shape index (κ1) is 14.3. The zero-order chi connectivity index (χ0) is 15.5. The second-order valence-corrected chi connectivity index (χ2v) is 4.98. The number of rotatable bonds is 5. The third kappa shape index (κ3) is 2.73. The topological polar surface area (TPSA) is 71.8 Å². The van der Waals surface area contributed by atoms with Gasteiger partial charge in [-0.2, -0.15) is 0 Å². The van der Waals surface area contributed by atoms with Crippen LogP contribution >= 0.6 is 0 Å². The normalized spacial score (nSPS) is 18.0. The molecular weight excluding hydrogens is 284 g/mol. The Hall–Kier alpha value is -2.60. The van der Waals surface area contributed by atoms with Crippen LogP contribution in [-0.4, -0.2) is 25.0 Å². The van der Waals surface area contributed by atoms with Crippen LogP contribution in [0.3, 0.4) is 0 Å². The molecule has 1 aromatic heterocycles. The predicted molar refractivity (Wildman–Crippen MR) is 79.4 cm³/mol. The summed E-state index contributed by atoms with van der Waals surface area (Å²) in [6.07, 6.45) is 1.72. The van der Waals surface area contributed by atoms with Crippen molar-refractivity contribution in [3.63, 3.8) is 0 Å². The van der Waals surface area contributed by atoms with Gasteiger partial charge in [0.25, 0.3) is 5.91 Å². The Morgan fingerprint density at radius 2 is 2.05 bits per heavy atom. The first-order valence-electron chi connectivity index (χ1n) is 6.95. The van der Waals surface area contributed by atoms with Crippen LogP contribution in [0.25, 0.3) is 0 Å². The summed E-state index contributed by atoms with van der Waals surface area (Å²) in [6.45, 7) is 0.410. The number of carbonyl (C=O) groups is 2. The molecule has 0 aliphatic carbocycles. The van der Waals surface area contributed by atoms with Gasteiger partial charge in [0.15, 0.2) is 0 Å². The van der Waals surface area contributed by atoms with Crippen LogP contribution in [0.1, 0.15) is 12.2 Å². The number of nitrogens with zero attached hydrogens (tertiary/aromatic N) is 1. The number of ether oxygens (including phenoxy) is 1. The number of furan rings is 1. The standard InChI is InChI=1S/C16H16N2O4/c1-21-12-6-4-11(5-7-12)18-15(19)9-14(16(18)20)17-10-13-3-2-8-22-13/h2-8,14,17H,9-10H2,1H3/t14-/m1/s1. The fourth-order valence-corrected chi connectivity index (χ4v) is 2.43. The van der Waals surface area contributed by atoms with Gasteiger partial charge in [0.05, 0.1) is 38.1 Å². The molecule has 2 amide bonds. The van der Waals surface area contributed by atoms with Crippen molar-refractivity contribution in [3.8, 4) is 5.75 Å². The van der Waals surface area contributed by atoms with Gasteiger partial charge in [-0.15, -0.1) is 0 Å². The smallest absolute Gasteiger partial charge is 0.251 e. The fraction of sp³-hybridized carbons (Fsp3) is 0.250. The number of imide groups is 1. The van der Waals surface area contributed by atoms with Crippen molar-refractivity contribution in [1.29, 1.82) is 0 Å². The highest BCUT2D eigenvalue weighted by Gasteiger charge is 2.39. The third-order valence-corrected chi connectivity index (χ3v) is 3.58. The molecule has 1 N–H and O–H groups in total. The monoisotopic (exact) mass is 300 g/mol. The fourth-order valence-electron chi connectivity index (χ4n) is 2.43. The minimum Gasteiger partial charge on any atom is -0.497 e. The molecule has 114 valence electrons. The van der Waals surface area contributed by atoms with E-state index in [0.717, 1.165) is 5.76 Å². The maximum absolute atomic E-state index is 12.4. The minimum atomic E-state index is -0.528. The van der Waals surface area contributed by atoms with Crippen molar-refractivity contribution in [2.45, 2.75) is 19.0 Å². The highest BCUT2D eigenvalue weighted by Crippen LogP contribution is 2.25. The number of nitrogens with one attached hydrogen (secondary N) is 1. The lowest BCUT2D eigenvalue weighted by atomic mass is 10.2. The van der Waals surface area contributed by atoms with Gasteiger partial charge >= 0.3 is 0 Å². The van der Waals surface area contributed by atoms with Crippen molar-refractivity contribution in [1.82, 2.24) is 5.32 Å². The van der Waals surface area contributed by atoms with Crippen LogP contribution < -0.4 is 15.0 Å². The number of carbonyl (C=O) groups excluding carboxylic acids is 2. The lowest BCUT2D eigenvalue weighted by Gasteiger charge is -2.15. The van der Waals surface area contributed by atoms with Crippen molar-refractivity contribution >= 4 is 17.5 Å². The van der Waals surface area contributed by atoms with E-state index in [9.17, 15) is 9.59 Å². The van der Waals surface area contributed by atoms with E-state index in [1.54, 1.807) is 43.7 Å². The molecule has 0 radical (unpaired) electrons. The van der Waals surface area contributed by atoms with E-state index in [-0.39, 0.29) is 18.2 Å². The van der Waals surface area contributed by atoms with E-state index in [0.29, 0.717) is 18.0 Å². The number of amides is 2. The van der Waals surface area contributed by atoms with Crippen LogP contribution in [0, 0.1) is 0 Å². The van der Waals surface area contributed by atoms with Gasteiger partial charge in [0, 0.05) is 0 Å². The third-order valence-electron chi connectivity index (χ3n) is 3.58. The molecule has 0 unspecified atom stereocenters. The molecule has 0 bridgehead atoms. The second-order valence-electron chi connectivity index (χ2n) is 4.98. The summed E-state index contributed by atoms with van der Waals surface area (Å²) in [6, 6.07) is 9.91. The lowest BCUT2D eigenvalue weighted by Crippen LogP contribution is -2.38. The Kier molecular flexibility index (Phi) is 3.93. The van der Waals surface area contributed by atoms with Crippen LogP contribution in [0.5, 0.6) is 5.75 Å². The maximum Gasteiger partial charge on any atom is 0.251 e. The van der Waals surface area contributed by atoms with Crippen molar-refractivity contribution < 1.29 is 18.7 Å². The second kappa shape index (κ2) is 6.03.